The van der Waals surface area contributed by atoms with Gasteiger partial charge in [0.25, 0.3) is 5.56 Å². The molecule has 0 spiro atoms. The first-order valence-electron chi connectivity index (χ1n) is 12.3. The van der Waals surface area contributed by atoms with Crippen molar-refractivity contribution in [2.24, 2.45) is 11.0 Å². The Hall–Kier alpha value is -1.04. The standard InChI is InChI=1S/C23H41FIN5O5Si2/c1-21(2,3)36(7,8)34-13-15(11-27-29-26)23(35-37(9,10)22(4,5)6)14-33-19(17(23)24)30-12-16(25)18(31)28-20(30)32/h12,15,17,19H,11,13-14H2,1-10H3,(H,28,31,32)/t15?,17-,19+,23-/m0/s1. The lowest BCUT2D eigenvalue weighted by atomic mass is 9.85. The lowest BCUT2D eigenvalue weighted by Crippen LogP contribution is -2.60. The van der Waals surface area contributed by atoms with Crippen molar-refractivity contribution in [3.63, 3.8) is 0 Å². The van der Waals surface area contributed by atoms with Crippen molar-refractivity contribution in [1.29, 1.82) is 0 Å². The highest BCUT2D eigenvalue weighted by molar-refractivity contribution is 14.1. The first-order valence-corrected chi connectivity index (χ1v) is 19.2. The van der Waals surface area contributed by atoms with Crippen molar-refractivity contribution in [3.8, 4) is 0 Å². The van der Waals surface area contributed by atoms with E-state index in [9.17, 15) is 9.59 Å². The van der Waals surface area contributed by atoms with Crippen LogP contribution >= 0.6 is 22.6 Å². The molecule has 4 atom stereocenters. The summed E-state index contributed by atoms with van der Waals surface area (Å²) in [6.45, 7) is 20.6. The Morgan fingerprint density at radius 2 is 1.81 bits per heavy atom. The molecule has 210 valence electrons. The van der Waals surface area contributed by atoms with Crippen LogP contribution in [0.2, 0.25) is 36.3 Å². The van der Waals surface area contributed by atoms with E-state index in [1.807, 2.05) is 13.1 Å². The molecule has 0 aromatic carbocycles. The van der Waals surface area contributed by atoms with Gasteiger partial charge in [-0.15, -0.1) is 0 Å². The zero-order chi connectivity index (χ0) is 28.6. The quantitative estimate of drug-likeness (QED) is 0.118. The number of halogens is 2. The van der Waals surface area contributed by atoms with Crippen LogP contribution in [0.15, 0.2) is 20.9 Å². The van der Waals surface area contributed by atoms with E-state index in [-0.39, 0.29) is 33.4 Å². The van der Waals surface area contributed by atoms with Crippen LogP contribution in [0.1, 0.15) is 47.8 Å². The molecule has 14 heteroatoms. The zero-order valence-electron chi connectivity index (χ0n) is 23.5. The number of H-pyrrole nitrogens is 1. The van der Waals surface area contributed by atoms with Gasteiger partial charge in [-0.2, -0.15) is 0 Å². The van der Waals surface area contributed by atoms with Crippen LogP contribution in [0.4, 0.5) is 4.39 Å². The summed E-state index contributed by atoms with van der Waals surface area (Å²) in [5, 5.41) is 3.46. The highest BCUT2D eigenvalue weighted by Crippen LogP contribution is 2.48. The molecule has 1 unspecified atom stereocenters. The lowest BCUT2D eigenvalue weighted by Gasteiger charge is -2.48. The second-order valence-electron chi connectivity index (χ2n) is 12.7. The van der Waals surface area contributed by atoms with Gasteiger partial charge in [0.1, 0.15) is 5.60 Å². The van der Waals surface area contributed by atoms with E-state index in [1.54, 1.807) is 22.6 Å². The molecule has 10 nitrogen and oxygen atoms in total. The predicted octanol–water partition coefficient (Wildman–Crippen LogP) is 5.72. The zero-order valence-corrected chi connectivity index (χ0v) is 27.7. The van der Waals surface area contributed by atoms with Gasteiger partial charge in [0.15, 0.2) is 29.0 Å². The molecule has 37 heavy (non-hydrogen) atoms. The van der Waals surface area contributed by atoms with Gasteiger partial charge in [-0.3, -0.25) is 14.3 Å². The summed E-state index contributed by atoms with van der Waals surface area (Å²) in [6, 6.07) is 0. The molecule has 1 aliphatic rings. The average Bonchev–Trinajstić information content (AvgIpc) is 3.05. The van der Waals surface area contributed by atoms with Crippen LogP contribution in [-0.4, -0.2) is 57.7 Å². The number of hydrogen-bond donors (Lipinski definition) is 1. The fourth-order valence-corrected chi connectivity index (χ4v) is 6.72. The van der Waals surface area contributed by atoms with Gasteiger partial charge in [0.05, 0.1) is 10.2 Å². The Bertz CT molecular complexity index is 1140. The molecule has 0 amide bonds. The number of nitrogens with one attached hydrogen (secondary N) is 1. The van der Waals surface area contributed by atoms with Gasteiger partial charge in [0.2, 0.25) is 0 Å². The summed E-state index contributed by atoms with van der Waals surface area (Å²) in [4.78, 5) is 29.7. The Morgan fingerprint density at radius 3 is 2.32 bits per heavy atom. The molecule has 2 rings (SSSR count). The summed E-state index contributed by atoms with van der Waals surface area (Å²) in [5.74, 6) is -0.677. The van der Waals surface area contributed by atoms with Crippen LogP contribution in [0.3, 0.4) is 0 Å². The number of ether oxygens (including phenoxy) is 1. The van der Waals surface area contributed by atoms with Crippen LogP contribution in [-0.2, 0) is 13.6 Å². The number of aromatic amines is 1. The van der Waals surface area contributed by atoms with Crippen molar-refractivity contribution >= 4 is 39.2 Å². The second-order valence-corrected chi connectivity index (χ2v) is 23.4. The van der Waals surface area contributed by atoms with Crippen LogP contribution in [0.5, 0.6) is 0 Å². The maximum absolute atomic E-state index is 16.8. The molecule has 1 aromatic rings. The normalized spacial score (nSPS) is 24.1. The average molecular weight is 670 g/mol. The Kier molecular flexibility index (Phi) is 9.75. The van der Waals surface area contributed by atoms with E-state index in [1.165, 1.54) is 6.20 Å². The maximum Gasteiger partial charge on any atom is 0.330 e. The fourth-order valence-electron chi connectivity index (χ4n) is 3.64. The van der Waals surface area contributed by atoms with Crippen molar-refractivity contribution in [2.45, 2.75) is 95.8 Å². The number of hydrogen-bond acceptors (Lipinski definition) is 6. The molecule has 0 saturated carbocycles. The third kappa shape index (κ3) is 6.76. The molecule has 1 N–H and O–H groups in total. The smallest absolute Gasteiger partial charge is 0.330 e. The van der Waals surface area contributed by atoms with Crippen molar-refractivity contribution in [2.75, 3.05) is 19.8 Å². The van der Waals surface area contributed by atoms with Gasteiger partial charge in [-0.25, -0.2) is 9.18 Å². The minimum Gasteiger partial charge on any atom is -0.416 e. The monoisotopic (exact) mass is 669 g/mol. The summed E-state index contributed by atoms with van der Waals surface area (Å²) in [5.41, 5.74) is 6.28. The predicted molar refractivity (Wildman–Crippen MR) is 156 cm³/mol. The molecule has 1 aromatic heterocycles. The maximum atomic E-state index is 16.8. The van der Waals surface area contributed by atoms with Gasteiger partial charge in [-0.05, 0) is 64.4 Å². The first-order chi connectivity index (χ1) is 16.7. The third-order valence-corrected chi connectivity index (χ3v) is 17.9. The summed E-state index contributed by atoms with van der Waals surface area (Å²) in [6.07, 6.45) is -1.84. The van der Waals surface area contributed by atoms with Crippen LogP contribution < -0.4 is 11.2 Å². The lowest BCUT2D eigenvalue weighted by molar-refractivity contribution is -0.0615. The van der Waals surface area contributed by atoms with E-state index in [0.29, 0.717) is 0 Å². The number of alkyl halides is 1. The van der Waals surface area contributed by atoms with E-state index < -0.39 is 51.8 Å². The molecule has 1 saturated heterocycles. The van der Waals surface area contributed by atoms with Crippen molar-refractivity contribution < 1.29 is 18.0 Å². The molecule has 2 heterocycles. The summed E-state index contributed by atoms with van der Waals surface area (Å²) in [7, 11) is -4.86. The fraction of sp³-hybridized carbons (Fsp3) is 0.826. The molecular weight excluding hydrogens is 628 g/mol. The van der Waals surface area contributed by atoms with E-state index in [4.69, 9.17) is 19.1 Å². The van der Waals surface area contributed by atoms with Crippen molar-refractivity contribution in [3.05, 3.63) is 41.0 Å². The molecule has 1 aliphatic heterocycles. The molecule has 0 aliphatic carbocycles. The highest BCUT2D eigenvalue weighted by Gasteiger charge is 2.60. The van der Waals surface area contributed by atoms with Gasteiger partial charge < -0.3 is 13.6 Å². The Balaban J connectivity index is 2.65. The molecule has 0 bridgehead atoms. The Morgan fingerprint density at radius 1 is 1.24 bits per heavy atom. The number of nitrogens with zero attached hydrogens (tertiary/aromatic N) is 4. The first kappa shape index (κ1) is 32.2. The third-order valence-electron chi connectivity index (χ3n) is 8.15. The van der Waals surface area contributed by atoms with Crippen molar-refractivity contribution in [1.82, 2.24) is 9.55 Å². The van der Waals surface area contributed by atoms with Crippen LogP contribution in [0, 0.1) is 9.49 Å². The van der Waals surface area contributed by atoms with E-state index in [0.717, 1.165) is 4.57 Å². The highest BCUT2D eigenvalue weighted by atomic mass is 127. The molecular formula is C23H41FIN5O5Si2. The second kappa shape index (κ2) is 11.2. The number of rotatable bonds is 9. The summed E-state index contributed by atoms with van der Waals surface area (Å²) < 4.78 is 37.3. The van der Waals surface area contributed by atoms with E-state index in [2.05, 4.69) is 69.6 Å². The van der Waals surface area contributed by atoms with Gasteiger partial charge in [-0.1, -0.05) is 46.7 Å². The minimum absolute atomic E-state index is 0.0612. The largest absolute Gasteiger partial charge is 0.416 e. The van der Waals surface area contributed by atoms with E-state index >= 15 is 4.39 Å². The minimum atomic E-state index is -2.61. The summed E-state index contributed by atoms with van der Waals surface area (Å²) >= 11 is 1.79. The topological polar surface area (TPSA) is 131 Å². The number of aromatic nitrogens is 2. The van der Waals surface area contributed by atoms with Gasteiger partial charge >= 0.3 is 5.69 Å². The van der Waals surface area contributed by atoms with Gasteiger partial charge in [0, 0.05) is 30.2 Å². The molecule has 0 radical (unpaired) electrons. The van der Waals surface area contributed by atoms with Crippen LogP contribution in [0.25, 0.3) is 10.4 Å². The number of azide groups is 1. The Labute approximate surface area is 233 Å². The SMILES string of the molecule is CC(C)(C)[Si](C)(C)OCC(CN=[N+]=[N-])[C@@]1(O[Si](C)(C)C(C)(C)C)CO[C@@H](n2cc(I)c(=O)[nH]c2=O)[C@@H]1F. The molecule has 1 fully saturated rings.